The highest BCUT2D eigenvalue weighted by Gasteiger charge is 2.43. The molecule has 0 bridgehead atoms. The van der Waals surface area contributed by atoms with Gasteiger partial charge in [-0.1, -0.05) is 0 Å². The fraction of sp³-hybridized carbons (Fsp3) is 0.600. The Labute approximate surface area is 90.9 Å². The average molecular weight is 226 g/mol. The first-order chi connectivity index (χ1) is 7.58. The maximum atomic E-state index is 11.4. The van der Waals surface area contributed by atoms with Crippen LogP contribution in [0.4, 0.5) is 0 Å². The quantitative estimate of drug-likeness (QED) is 0.547. The molecule has 2 aliphatic rings. The Kier molecular flexibility index (Phi) is 2.72. The zero-order valence-electron chi connectivity index (χ0n) is 8.43. The fourth-order valence-corrected chi connectivity index (χ4v) is 1.91. The smallest absolute Gasteiger partial charge is 0.310 e. The molecule has 2 saturated heterocycles. The lowest BCUT2D eigenvalue weighted by Gasteiger charge is -2.28. The summed E-state index contributed by atoms with van der Waals surface area (Å²) in [5.41, 5.74) is 0. The van der Waals surface area contributed by atoms with E-state index in [1.807, 2.05) is 0 Å². The largest absolute Gasteiger partial charge is 0.457 e. The van der Waals surface area contributed by atoms with Crippen LogP contribution in [-0.2, 0) is 28.7 Å². The van der Waals surface area contributed by atoms with Crippen molar-refractivity contribution in [3.05, 3.63) is 0 Å². The van der Waals surface area contributed by atoms with E-state index >= 15 is 0 Å². The van der Waals surface area contributed by atoms with Crippen molar-refractivity contribution in [2.45, 2.75) is 12.8 Å². The molecular weight excluding hydrogens is 216 g/mol. The SMILES string of the molecule is O=C1COC(=O)C(C2CC(=O)COC2=O)C1. The monoisotopic (exact) mass is 226 g/mol. The first kappa shape index (κ1) is 10.8. The molecule has 2 rings (SSSR count). The zero-order chi connectivity index (χ0) is 11.7. The zero-order valence-corrected chi connectivity index (χ0v) is 8.43. The summed E-state index contributed by atoms with van der Waals surface area (Å²) in [6.45, 7) is -0.490. The summed E-state index contributed by atoms with van der Waals surface area (Å²) in [4.78, 5) is 45.1. The number of carbonyl (C=O) groups excluding carboxylic acids is 4. The van der Waals surface area contributed by atoms with Crippen LogP contribution in [0, 0.1) is 11.8 Å². The third kappa shape index (κ3) is 1.95. The molecule has 2 aliphatic heterocycles. The van der Waals surface area contributed by atoms with Crippen LogP contribution in [0.25, 0.3) is 0 Å². The molecule has 0 aromatic rings. The van der Waals surface area contributed by atoms with Gasteiger partial charge < -0.3 is 9.47 Å². The first-order valence-corrected chi connectivity index (χ1v) is 4.94. The summed E-state index contributed by atoms with van der Waals surface area (Å²) in [6.07, 6.45) is -0.0994. The standard InChI is InChI=1S/C10H10O6/c11-5-1-7(9(13)15-3-5)8-2-6(12)4-16-10(8)14/h7-8H,1-4H2. The predicted molar refractivity (Wildman–Crippen MR) is 48.1 cm³/mol. The number of Topliss-reactive ketones (excluding diaryl/α,β-unsaturated/α-hetero) is 2. The van der Waals surface area contributed by atoms with Gasteiger partial charge in [-0.15, -0.1) is 0 Å². The van der Waals surface area contributed by atoms with Crippen molar-refractivity contribution in [2.24, 2.45) is 11.8 Å². The van der Waals surface area contributed by atoms with E-state index in [-0.39, 0.29) is 37.6 Å². The predicted octanol–water partition coefficient (Wildman–Crippen LogP) is -0.749. The van der Waals surface area contributed by atoms with Crippen molar-refractivity contribution >= 4 is 23.5 Å². The van der Waals surface area contributed by atoms with E-state index in [1.165, 1.54) is 0 Å². The maximum absolute atomic E-state index is 11.4. The third-order valence-corrected chi connectivity index (χ3v) is 2.74. The number of hydrogen-bond donors (Lipinski definition) is 0. The molecule has 0 aromatic heterocycles. The molecule has 16 heavy (non-hydrogen) atoms. The molecule has 2 atom stereocenters. The Hall–Kier alpha value is -1.72. The van der Waals surface area contributed by atoms with Crippen molar-refractivity contribution < 1.29 is 28.7 Å². The Balaban J connectivity index is 2.14. The number of hydrogen-bond acceptors (Lipinski definition) is 6. The maximum Gasteiger partial charge on any atom is 0.310 e. The number of ether oxygens (including phenoxy) is 2. The molecule has 0 saturated carbocycles. The summed E-state index contributed by atoms with van der Waals surface area (Å²) in [5, 5.41) is 0. The van der Waals surface area contributed by atoms with Gasteiger partial charge in [0, 0.05) is 12.8 Å². The summed E-state index contributed by atoms with van der Waals surface area (Å²) < 4.78 is 9.26. The molecule has 6 heteroatoms. The van der Waals surface area contributed by atoms with E-state index in [1.54, 1.807) is 0 Å². The second-order valence-electron chi connectivity index (χ2n) is 3.91. The van der Waals surface area contributed by atoms with Crippen LogP contribution in [0.1, 0.15) is 12.8 Å². The molecule has 86 valence electrons. The van der Waals surface area contributed by atoms with E-state index in [2.05, 4.69) is 9.47 Å². The summed E-state index contributed by atoms with van der Waals surface area (Å²) >= 11 is 0. The van der Waals surface area contributed by atoms with Crippen molar-refractivity contribution in [1.82, 2.24) is 0 Å². The molecular formula is C10H10O6. The number of carbonyl (C=O) groups is 4. The number of rotatable bonds is 1. The minimum Gasteiger partial charge on any atom is -0.457 e. The van der Waals surface area contributed by atoms with Crippen LogP contribution in [0.5, 0.6) is 0 Å². The third-order valence-electron chi connectivity index (χ3n) is 2.74. The molecule has 0 spiro atoms. The van der Waals surface area contributed by atoms with Crippen LogP contribution >= 0.6 is 0 Å². The van der Waals surface area contributed by atoms with Crippen molar-refractivity contribution in [2.75, 3.05) is 13.2 Å². The minimum absolute atomic E-state index is 0.0497. The Morgan fingerprint density at radius 1 is 0.750 bits per heavy atom. The minimum atomic E-state index is -0.863. The molecule has 2 fully saturated rings. The molecule has 0 N–H and O–H groups in total. The van der Waals surface area contributed by atoms with Crippen LogP contribution in [0.15, 0.2) is 0 Å². The van der Waals surface area contributed by atoms with Crippen LogP contribution in [0.2, 0.25) is 0 Å². The van der Waals surface area contributed by atoms with E-state index in [0.717, 1.165) is 0 Å². The first-order valence-electron chi connectivity index (χ1n) is 4.94. The van der Waals surface area contributed by atoms with Crippen LogP contribution in [-0.4, -0.2) is 36.7 Å². The molecule has 0 aromatic carbocycles. The lowest BCUT2D eigenvalue weighted by molar-refractivity contribution is -0.172. The van der Waals surface area contributed by atoms with Gasteiger partial charge in [0.2, 0.25) is 0 Å². The van der Waals surface area contributed by atoms with Gasteiger partial charge in [0.25, 0.3) is 0 Å². The Morgan fingerprint density at radius 2 is 1.12 bits per heavy atom. The van der Waals surface area contributed by atoms with E-state index in [9.17, 15) is 19.2 Å². The molecule has 6 nitrogen and oxygen atoms in total. The highest BCUT2D eigenvalue weighted by atomic mass is 16.5. The van der Waals surface area contributed by atoms with Crippen molar-refractivity contribution in [3.8, 4) is 0 Å². The van der Waals surface area contributed by atoms with Gasteiger partial charge in [0.15, 0.2) is 11.6 Å². The molecule has 0 amide bonds. The highest BCUT2D eigenvalue weighted by molar-refractivity contribution is 5.96. The summed E-state index contributed by atoms with van der Waals surface area (Å²) in [7, 11) is 0. The van der Waals surface area contributed by atoms with Gasteiger partial charge in [-0.25, -0.2) is 0 Å². The fourth-order valence-electron chi connectivity index (χ4n) is 1.91. The second kappa shape index (κ2) is 4.03. The number of esters is 2. The van der Waals surface area contributed by atoms with E-state index in [0.29, 0.717) is 0 Å². The topological polar surface area (TPSA) is 86.7 Å². The van der Waals surface area contributed by atoms with Gasteiger partial charge in [-0.05, 0) is 0 Å². The van der Waals surface area contributed by atoms with E-state index in [4.69, 9.17) is 0 Å². The molecule has 0 radical (unpaired) electrons. The van der Waals surface area contributed by atoms with Gasteiger partial charge in [-0.2, -0.15) is 0 Å². The van der Waals surface area contributed by atoms with Gasteiger partial charge in [0.05, 0.1) is 11.8 Å². The Bertz CT molecular complexity index is 336. The Morgan fingerprint density at radius 3 is 1.50 bits per heavy atom. The normalized spacial score (nSPS) is 31.0. The van der Waals surface area contributed by atoms with Crippen molar-refractivity contribution in [1.29, 1.82) is 0 Å². The lowest BCUT2D eigenvalue weighted by atomic mass is 9.82. The van der Waals surface area contributed by atoms with Crippen LogP contribution in [0.3, 0.4) is 0 Å². The molecule has 2 unspecified atom stereocenters. The lowest BCUT2D eigenvalue weighted by Crippen LogP contribution is -2.43. The summed E-state index contributed by atoms with van der Waals surface area (Å²) in [6, 6.07) is 0. The van der Waals surface area contributed by atoms with Crippen molar-refractivity contribution in [3.63, 3.8) is 0 Å². The molecule has 0 aliphatic carbocycles. The van der Waals surface area contributed by atoms with Gasteiger partial charge >= 0.3 is 11.9 Å². The molecule has 2 heterocycles. The van der Waals surface area contributed by atoms with Gasteiger partial charge in [0.1, 0.15) is 13.2 Å². The highest BCUT2D eigenvalue weighted by Crippen LogP contribution is 2.28. The second-order valence-corrected chi connectivity index (χ2v) is 3.91. The van der Waals surface area contributed by atoms with Crippen LogP contribution < -0.4 is 0 Å². The number of ketones is 2. The van der Waals surface area contributed by atoms with E-state index < -0.39 is 23.8 Å². The van der Waals surface area contributed by atoms with Gasteiger partial charge in [-0.3, -0.25) is 19.2 Å². The number of cyclic esters (lactones) is 2. The average Bonchev–Trinajstić information content (AvgIpc) is 2.25. The summed E-state index contributed by atoms with van der Waals surface area (Å²) in [5.74, 6) is -3.41.